The van der Waals surface area contributed by atoms with Crippen molar-refractivity contribution in [2.45, 2.75) is 31.3 Å². The van der Waals surface area contributed by atoms with Crippen LogP contribution in [0.2, 0.25) is 0 Å². The highest BCUT2D eigenvalue weighted by Crippen LogP contribution is 2.28. The second-order valence-corrected chi connectivity index (χ2v) is 8.26. The number of morpholine rings is 1. The van der Waals surface area contributed by atoms with Gasteiger partial charge in [0.05, 0.1) is 23.8 Å². The molecule has 1 amide bonds. The quantitative estimate of drug-likeness (QED) is 0.798. The standard InChI is InChI=1S/C15H22N2O6S/c1-15(2,3)23-14(19)16-12-10-11(4-5-13(12)18)24(20,21)17-6-8-22-9-7-17/h4-5,10,18H,6-9H2,1-3H3,(H,16,19). The molecule has 0 atom stereocenters. The molecule has 1 heterocycles. The van der Waals surface area contributed by atoms with Crippen molar-refractivity contribution in [2.75, 3.05) is 31.6 Å². The summed E-state index contributed by atoms with van der Waals surface area (Å²) in [5, 5.41) is 12.2. The number of carbonyl (C=O) groups is 1. The molecule has 1 saturated heterocycles. The molecule has 0 saturated carbocycles. The number of amides is 1. The van der Waals surface area contributed by atoms with E-state index in [-0.39, 0.29) is 29.4 Å². The van der Waals surface area contributed by atoms with Gasteiger partial charge in [0.25, 0.3) is 0 Å². The fraction of sp³-hybridized carbons (Fsp3) is 0.533. The molecule has 9 heteroatoms. The zero-order chi connectivity index (χ0) is 18.0. The third-order valence-electron chi connectivity index (χ3n) is 3.21. The van der Waals surface area contributed by atoms with E-state index in [0.29, 0.717) is 13.2 Å². The Morgan fingerprint density at radius 2 is 1.92 bits per heavy atom. The van der Waals surface area contributed by atoms with Crippen LogP contribution in [0.4, 0.5) is 10.5 Å². The minimum absolute atomic E-state index is 0.0201. The van der Waals surface area contributed by atoms with Crippen molar-refractivity contribution >= 4 is 21.8 Å². The maximum absolute atomic E-state index is 12.6. The molecule has 1 aromatic carbocycles. The van der Waals surface area contributed by atoms with Gasteiger partial charge >= 0.3 is 6.09 Å². The molecular formula is C15H22N2O6S. The van der Waals surface area contributed by atoms with Crippen molar-refractivity contribution in [3.8, 4) is 5.75 Å². The summed E-state index contributed by atoms with van der Waals surface area (Å²) < 4.78 is 36.8. The predicted octanol–water partition coefficient (Wildman–Crippen LogP) is 1.76. The maximum Gasteiger partial charge on any atom is 0.412 e. The number of ether oxygens (including phenoxy) is 2. The summed E-state index contributed by atoms with van der Waals surface area (Å²) in [5.41, 5.74) is -0.740. The number of hydrogen-bond acceptors (Lipinski definition) is 6. The second kappa shape index (κ2) is 6.96. The van der Waals surface area contributed by atoms with Crippen LogP contribution in [0, 0.1) is 0 Å². The van der Waals surface area contributed by atoms with E-state index in [4.69, 9.17) is 9.47 Å². The Bertz CT molecular complexity index is 705. The molecule has 8 nitrogen and oxygen atoms in total. The molecule has 0 bridgehead atoms. The number of aromatic hydroxyl groups is 1. The van der Waals surface area contributed by atoms with Crippen LogP contribution in [0.5, 0.6) is 5.75 Å². The topological polar surface area (TPSA) is 105 Å². The number of phenols is 1. The summed E-state index contributed by atoms with van der Waals surface area (Å²) in [6, 6.07) is 3.73. The summed E-state index contributed by atoms with van der Waals surface area (Å²) in [4.78, 5) is 11.8. The first-order chi connectivity index (χ1) is 11.1. The smallest absolute Gasteiger partial charge is 0.412 e. The van der Waals surface area contributed by atoms with Crippen LogP contribution in [0.25, 0.3) is 0 Å². The van der Waals surface area contributed by atoms with Gasteiger partial charge in [-0.15, -0.1) is 0 Å². The van der Waals surface area contributed by atoms with E-state index in [0.717, 1.165) is 0 Å². The van der Waals surface area contributed by atoms with Crippen molar-refractivity contribution in [1.29, 1.82) is 0 Å². The monoisotopic (exact) mass is 358 g/mol. The van der Waals surface area contributed by atoms with Gasteiger partial charge in [0.1, 0.15) is 11.4 Å². The van der Waals surface area contributed by atoms with Crippen LogP contribution in [-0.2, 0) is 19.5 Å². The van der Waals surface area contributed by atoms with Crippen LogP contribution in [0.1, 0.15) is 20.8 Å². The highest BCUT2D eigenvalue weighted by atomic mass is 32.2. The normalized spacial score (nSPS) is 16.6. The molecule has 2 N–H and O–H groups in total. The molecular weight excluding hydrogens is 336 g/mol. The summed E-state index contributed by atoms with van der Waals surface area (Å²) >= 11 is 0. The average Bonchev–Trinajstić information content (AvgIpc) is 2.48. The summed E-state index contributed by atoms with van der Waals surface area (Å²) in [6.07, 6.45) is -0.779. The number of nitrogens with one attached hydrogen (secondary N) is 1. The molecule has 24 heavy (non-hydrogen) atoms. The number of phenolic OH excluding ortho intramolecular Hbond substituents is 1. The summed E-state index contributed by atoms with van der Waals surface area (Å²) in [7, 11) is -3.72. The van der Waals surface area contributed by atoms with Crippen molar-refractivity contribution in [1.82, 2.24) is 4.31 Å². The lowest BCUT2D eigenvalue weighted by atomic mass is 10.2. The first-order valence-corrected chi connectivity index (χ1v) is 8.94. The van der Waals surface area contributed by atoms with Crippen molar-refractivity contribution in [3.05, 3.63) is 18.2 Å². The number of hydrogen-bond donors (Lipinski definition) is 2. The van der Waals surface area contributed by atoms with Gasteiger partial charge in [0.2, 0.25) is 10.0 Å². The van der Waals surface area contributed by atoms with E-state index in [1.54, 1.807) is 20.8 Å². The molecule has 1 fully saturated rings. The lowest BCUT2D eigenvalue weighted by Gasteiger charge is -2.26. The minimum Gasteiger partial charge on any atom is -0.506 e. The van der Waals surface area contributed by atoms with Gasteiger partial charge in [-0.05, 0) is 39.0 Å². The zero-order valence-corrected chi connectivity index (χ0v) is 14.7. The van der Waals surface area contributed by atoms with Crippen molar-refractivity contribution in [3.63, 3.8) is 0 Å². The van der Waals surface area contributed by atoms with Crippen molar-refractivity contribution in [2.24, 2.45) is 0 Å². The minimum atomic E-state index is -3.72. The van der Waals surface area contributed by atoms with E-state index in [2.05, 4.69) is 5.32 Å². The van der Waals surface area contributed by atoms with Crippen LogP contribution < -0.4 is 5.32 Å². The van der Waals surface area contributed by atoms with Crippen LogP contribution in [0.15, 0.2) is 23.1 Å². The van der Waals surface area contributed by atoms with E-state index < -0.39 is 21.7 Å². The average molecular weight is 358 g/mol. The zero-order valence-electron chi connectivity index (χ0n) is 13.9. The Hall–Kier alpha value is -1.84. The molecule has 0 spiro atoms. The Morgan fingerprint density at radius 3 is 2.50 bits per heavy atom. The van der Waals surface area contributed by atoms with Gasteiger partial charge in [-0.2, -0.15) is 4.31 Å². The number of carbonyl (C=O) groups excluding carboxylic acids is 1. The van der Waals surface area contributed by atoms with Gasteiger partial charge in [0.15, 0.2) is 0 Å². The molecule has 2 rings (SSSR count). The molecule has 1 aliphatic heterocycles. The van der Waals surface area contributed by atoms with E-state index in [1.165, 1.54) is 22.5 Å². The number of rotatable bonds is 3. The highest BCUT2D eigenvalue weighted by molar-refractivity contribution is 7.89. The van der Waals surface area contributed by atoms with Crippen LogP contribution >= 0.6 is 0 Å². The number of nitrogens with zero attached hydrogens (tertiary/aromatic N) is 1. The number of sulfonamides is 1. The lowest BCUT2D eigenvalue weighted by Crippen LogP contribution is -2.40. The van der Waals surface area contributed by atoms with Gasteiger partial charge in [0, 0.05) is 13.1 Å². The molecule has 1 aliphatic rings. The van der Waals surface area contributed by atoms with E-state index in [1.807, 2.05) is 0 Å². The third-order valence-corrected chi connectivity index (χ3v) is 5.11. The van der Waals surface area contributed by atoms with Crippen molar-refractivity contribution < 1.29 is 27.8 Å². The van der Waals surface area contributed by atoms with Gasteiger partial charge in [-0.25, -0.2) is 13.2 Å². The Kier molecular flexibility index (Phi) is 5.36. The third kappa shape index (κ3) is 4.59. The molecule has 134 valence electrons. The molecule has 1 aromatic rings. The molecule has 0 radical (unpaired) electrons. The second-order valence-electron chi connectivity index (χ2n) is 6.32. The summed E-state index contributed by atoms with van der Waals surface area (Å²) in [5.74, 6) is -0.248. The number of benzene rings is 1. The van der Waals surface area contributed by atoms with Gasteiger partial charge < -0.3 is 14.6 Å². The number of anilines is 1. The van der Waals surface area contributed by atoms with E-state index in [9.17, 15) is 18.3 Å². The first-order valence-electron chi connectivity index (χ1n) is 7.50. The molecule has 0 unspecified atom stereocenters. The highest BCUT2D eigenvalue weighted by Gasteiger charge is 2.27. The lowest BCUT2D eigenvalue weighted by molar-refractivity contribution is 0.0635. The van der Waals surface area contributed by atoms with Gasteiger partial charge in [-0.1, -0.05) is 0 Å². The predicted molar refractivity (Wildman–Crippen MR) is 87.5 cm³/mol. The molecule has 0 aliphatic carbocycles. The Morgan fingerprint density at radius 1 is 1.29 bits per heavy atom. The summed E-state index contributed by atoms with van der Waals surface area (Å²) in [6.45, 7) is 6.29. The largest absolute Gasteiger partial charge is 0.506 e. The fourth-order valence-electron chi connectivity index (χ4n) is 2.13. The maximum atomic E-state index is 12.6. The van der Waals surface area contributed by atoms with Crippen LogP contribution in [-0.4, -0.2) is 55.8 Å². The van der Waals surface area contributed by atoms with E-state index >= 15 is 0 Å². The molecule has 0 aromatic heterocycles. The van der Waals surface area contributed by atoms with Gasteiger partial charge in [-0.3, -0.25) is 5.32 Å². The Balaban J connectivity index is 2.23. The SMILES string of the molecule is CC(C)(C)OC(=O)Nc1cc(S(=O)(=O)N2CCOCC2)ccc1O. The fourth-order valence-corrected chi connectivity index (χ4v) is 3.56. The first kappa shape index (κ1) is 18.5. The van der Waals surface area contributed by atoms with Crippen LogP contribution in [0.3, 0.4) is 0 Å². The Labute approximate surface area is 141 Å².